The van der Waals surface area contributed by atoms with Crippen molar-refractivity contribution in [1.82, 2.24) is 5.32 Å². The molecule has 4 nitrogen and oxygen atoms in total. The molecule has 0 spiro atoms. The van der Waals surface area contributed by atoms with Gasteiger partial charge in [-0.05, 0) is 26.0 Å². The van der Waals surface area contributed by atoms with E-state index in [0.29, 0.717) is 12.8 Å². The molecule has 1 amide bonds. The number of carbonyl (C=O) groups excluding carboxylic acids is 1. The van der Waals surface area contributed by atoms with Crippen LogP contribution in [-0.4, -0.2) is 35.2 Å². The first-order valence-electron chi connectivity index (χ1n) is 5.95. The summed E-state index contributed by atoms with van der Waals surface area (Å²) in [6, 6.07) is 2.06. The number of hydrogen-bond donors (Lipinski definition) is 2. The molecule has 0 aliphatic heterocycles. The van der Waals surface area contributed by atoms with Crippen molar-refractivity contribution in [2.24, 2.45) is 5.41 Å². The van der Waals surface area contributed by atoms with Crippen molar-refractivity contribution in [3.05, 3.63) is 0 Å². The van der Waals surface area contributed by atoms with Crippen LogP contribution in [0.5, 0.6) is 0 Å². The summed E-state index contributed by atoms with van der Waals surface area (Å²) in [5.74, 6) is -0.169. The molecule has 0 aromatic rings. The number of carbonyl (C=O) groups is 1. The largest absolute Gasteiger partial charge is 0.395 e. The Kier molecular flexibility index (Phi) is 5.29. The van der Waals surface area contributed by atoms with E-state index in [2.05, 4.69) is 11.4 Å². The molecule has 1 saturated carbocycles. The Labute approximate surface area is 107 Å². The molecule has 0 bridgehead atoms. The molecule has 0 radical (unpaired) electrons. The molecule has 2 unspecified atom stereocenters. The van der Waals surface area contributed by atoms with E-state index in [1.807, 2.05) is 13.2 Å². The molecule has 1 fully saturated rings. The molecule has 1 aliphatic carbocycles. The Morgan fingerprint density at radius 2 is 2.18 bits per heavy atom. The van der Waals surface area contributed by atoms with Crippen molar-refractivity contribution in [3.63, 3.8) is 0 Å². The van der Waals surface area contributed by atoms with Crippen molar-refractivity contribution < 1.29 is 9.90 Å². The van der Waals surface area contributed by atoms with Gasteiger partial charge in [-0.3, -0.25) is 4.79 Å². The fourth-order valence-corrected chi connectivity index (χ4v) is 2.87. The Morgan fingerprint density at radius 1 is 1.59 bits per heavy atom. The molecule has 2 atom stereocenters. The zero-order valence-electron chi connectivity index (χ0n) is 10.4. The summed E-state index contributed by atoms with van der Waals surface area (Å²) >= 11 is 1.52. The van der Waals surface area contributed by atoms with E-state index in [-0.39, 0.29) is 23.8 Å². The molecule has 1 aliphatic rings. The maximum Gasteiger partial charge on any atom is 0.240 e. The van der Waals surface area contributed by atoms with Crippen LogP contribution in [0.1, 0.15) is 32.6 Å². The number of nitriles is 1. The van der Waals surface area contributed by atoms with Gasteiger partial charge in [-0.1, -0.05) is 12.8 Å². The second-order valence-corrected chi connectivity index (χ2v) is 5.70. The minimum absolute atomic E-state index is 0.0175. The molecule has 96 valence electrons. The number of nitrogens with zero attached hydrogens (tertiary/aromatic N) is 1. The first-order valence-corrected chi connectivity index (χ1v) is 7.24. The van der Waals surface area contributed by atoms with E-state index < -0.39 is 5.41 Å². The molecule has 0 aromatic carbocycles. The molecule has 1 rings (SSSR count). The third kappa shape index (κ3) is 3.14. The minimum Gasteiger partial charge on any atom is -0.395 e. The number of rotatable bonds is 5. The minimum atomic E-state index is -0.827. The van der Waals surface area contributed by atoms with Gasteiger partial charge >= 0.3 is 0 Å². The van der Waals surface area contributed by atoms with Crippen LogP contribution in [0.25, 0.3) is 0 Å². The molecule has 0 aromatic heterocycles. The lowest BCUT2D eigenvalue weighted by Gasteiger charge is -2.26. The fourth-order valence-electron chi connectivity index (χ4n) is 2.24. The average Bonchev–Trinajstić information content (AvgIpc) is 2.80. The van der Waals surface area contributed by atoms with Crippen LogP contribution >= 0.6 is 11.8 Å². The van der Waals surface area contributed by atoms with Crippen LogP contribution in [0.15, 0.2) is 0 Å². The molecular weight excluding hydrogens is 236 g/mol. The second-order valence-electron chi connectivity index (χ2n) is 4.62. The summed E-state index contributed by atoms with van der Waals surface area (Å²) in [5, 5.41) is 21.2. The predicted molar refractivity (Wildman–Crippen MR) is 68.5 cm³/mol. The topological polar surface area (TPSA) is 73.1 Å². The third-order valence-electron chi connectivity index (χ3n) is 3.50. The van der Waals surface area contributed by atoms with Crippen molar-refractivity contribution in [2.75, 3.05) is 12.9 Å². The molecular formula is C12H20N2O2S. The smallest absolute Gasteiger partial charge is 0.240 e. The van der Waals surface area contributed by atoms with Crippen LogP contribution in [0.3, 0.4) is 0 Å². The quantitative estimate of drug-likeness (QED) is 0.777. The first-order chi connectivity index (χ1) is 8.09. The zero-order chi connectivity index (χ0) is 12.9. The van der Waals surface area contributed by atoms with Crippen molar-refractivity contribution in [1.29, 1.82) is 5.26 Å². The van der Waals surface area contributed by atoms with Gasteiger partial charge in [-0.2, -0.15) is 17.0 Å². The zero-order valence-corrected chi connectivity index (χ0v) is 11.2. The van der Waals surface area contributed by atoms with Gasteiger partial charge in [0.1, 0.15) is 5.41 Å². The van der Waals surface area contributed by atoms with Gasteiger partial charge < -0.3 is 10.4 Å². The number of amides is 1. The highest BCUT2D eigenvalue weighted by atomic mass is 32.2. The molecule has 0 heterocycles. The highest BCUT2D eigenvalue weighted by Gasteiger charge is 2.42. The van der Waals surface area contributed by atoms with E-state index in [9.17, 15) is 10.1 Å². The van der Waals surface area contributed by atoms with Crippen LogP contribution in [0, 0.1) is 16.7 Å². The van der Waals surface area contributed by atoms with Crippen LogP contribution in [0.2, 0.25) is 0 Å². The molecule has 2 N–H and O–H groups in total. The number of nitrogens with one attached hydrogen (secondary N) is 1. The lowest BCUT2D eigenvalue weighted by molar-refractivity contribution is -0.128. The SMILES string of the molecule is CSC(CO)C(C)NC(=O)C1(C#N)CCCC1. The lowest BCUT2D eigenvalue weighted by Crippen LogP contribution is -2.47. The van der Waals surface area contributed by atoms with Gasteiger partial charge in [0.25, 0.3) is 0 Å². The average molecular weight is 256 g/mol. The Hall–Kier alpha value is -0.730. The van der Waals surface area contributed by atoms with E-state index >= 15 is 0 Å². The summed E-state index contributed by atoms with van der Waals surface area (Å²) in [5.41, 5.74) is -0.827. The van der Waals surface area contributed by atoms with Crippen molar-refractivity contribution in [3.8, 4) is 6.07 Å². The monoisotopic (exact) mass is 256 g/mol. The summed E-state index contributed by atoms with van der Waals surface area (Å²) in [6.07, 6.45) is 5.11. The number of aliphatic hydroxyl groups is 1. The Bertz CT molecular complexity index is 304. The normalized spacial score (nSPS) is 21.5. The maximum absolute atomic E-state index is 12.1. The van der Waals surface area contributed by atoms with Gasteiger partial charge in [-0.15, -0.1) is 0 Å². The first kappa shape index (κ1) is 14.3. The number of thioether (sulfide) groups is 1. The van der Waals surface area contributed by atoms with Gasteiger partial charge in [0.2, 0.25) is 5.91 Å². The highest BCUT2D eigenvalue weighted by molar-refractivity contribution is 7.99. The molecule has 5 heteroatoms. The van der Waals surface area contributed by atoms with Crippen LogP contribution in [-0.2, 0) is 4.79 Å². The van der Waals surface area contributed by atoms with E-state index in [1.165, 1.54) is 11.8 Å². The third-order valence-corrected chi connectivity index (χ3v) is 4.67. The Morgan fingerprint density at radius 3 is 2.59 bits per heavy atom. The lowest BCUT2D eigenvalue weighted by atomic mass is 9.86. The van der Waals surface area contributed by atoms with Gasteiger partial charge in [0.15, 0.2) is 0 Å². The van der Waals surface area contributed by atoms with E-state index in [1.54, 1.807) is 0 Å². The van der Waals surface area contributed by atoms with E-state index in [4.69, 9.17) is 5.11 Å². The summed E-state index contributed by atoms with van der Waals surface area (Å²) < 4.78 is 0. The molecule has 0 saturated heterocycles. The van der Waals surface area contributed by atoms with Gasteiger partial charge in [0.05, 0.1) is 12.7 Å². The van der Waals surface area contributed by atoms with Crippen LogP contribution in [0.4, 0.5) is 0 Å². The standard InChI is InChI=1S/C12H20N2O2S/c1-9(10(7-15)17-2)14-11(16)12(8-13)5-3-4-6-12/h9-10,15H,3-7H2,1-2H3,(H,14,16). The summed E-state index contributed by atoms with van der Waals surface area (Å²) in [7, 11) is 0. The number of aliphatic hydroxyl groups excluding tert-OH is 1. The maximum atomic E-state index is 12.1. The predicted octanol–water partition coefficient (Wildman–Crippen LogP) is 1.30. The van der Waals surface area contributed by atoms with Crippen molar-refractivity contribution in [2.45, 2.75) is 43.9 Å². The summed E-state index contributed by atoms with van der Waals surface area (Å²) in [4.78, 5) is 12.1. The van der Waals surface area contributed by atoms with Crippen molar-refractivity contribution >= 4 is 17.7 Å². The Balaban J connectivity index is 2.62. The second kappa shape index (κ2) is 6.27. The summed E-state index contributed by atoms with van der Waals surface area (Å²) in [6.45, 7) is 1.90. The van der Waals surface area contributed by atoms with Gasteiger partial charge in [-0.25, -0.2) is 0 Å². The molecule has 17 heavy (non-hydrogen) atoms. The fraction of sp³-hybridized carbons (Fsp3) is 0.833. The number of hydrogen-bond acceptors (Lipinski definition) is 4. The van der Waals surface area contributed by atoms with Crippen LogP contribution < -0.4 is 5.32 Å². The van der Waals surface area contributed by atoms with Gasteiger partial charge in [0, 0.05) is 11.3 Å². The van der Waals surface area contributed by atoms with E-state index in [0.717, 1.165) is 12.8 Å². The highest BCUT2D eigenvalue weighted by Crippen LogP contribution is 2.37.